The van der Waals surface area contributed by atoms with Crippen LogP contribution in [0.3, 0.4) is 0 Å². The van der Waals surface area contributed by atoms with Crippen molar-refractivity contribution in [1.29, 1.82) is 0 Å². The van der Waals surface area contributed by atoms with Gasteiger partial charge < -0.3 is 5.32 Å². The highest BCUT2D eigenvalue weighted by atomic mass is 15.0. The third-order valence-corrected chi connectivity index (χ3v) is 5.39. The number of hydrogen-bond donors (Lipinski definition) is 1. The van der Waals surface area contributed by atoms with E-state index in [1.807, 2.05) is 0 Å². The standard InChI is InChI=1S/C24H49N/c1-5-8-11-14-15-17-20-23-25-24(4,21-18-13-10-7-3)22-19-16-12-9-6-2/h11,14,25H,5-10,12-13,15-23H2,1-4H3. The molecule has 1 nitrogen and oxygen atoms in total. The highest BCUT2D eigenvalue weighted by Crippen LogP contribution is 2.23. The molecule has 0 amide bonds. The Morgan fingerprint density at radius 3 is 1.76 bits per heavy atom. The zero-order valence-electron chi connectivity index (χ0n) is 18.2. The lowest BCUT2D eigenvalue weighted by Gasteiger charge is -2.32. The van der Waals surface area contributed by atoms with Crippen LogP contribution >= 0.6 is 0 Å². The lowest BCUT2D eigenvalue weighted by Crippen LogP contribution is -2.42. The van der Waals surface area contributed by atoms with E-state index in [9.17, 15) is 0 Å². The number of rotatable bonds is 19. The quantitative estimate of drug-likeness (QED) is 0.183. The van der Waals surface area contributed by atoms with Crippen LogP contribution in [-0.4, -0.2) is 12.1 Å². The maximum absolute atomic E-state index is 3.94. The Kier molecular flexibility index (Phi) is 18.3. The Hall–Kier alpha value is -0.300. The van der Waals surface area contributed by atoms with Crippen LogP contribution in [0.1, 0.15) is 130 Å². The van der Waals surface area contributed by atoms with Crippen LogP contribution in [0.15, 0.2) is 12.2 Å². The van der Waals surface area contributed by atoms with Crippen LogP contribution in [0.5, 0.6) is 0 Å². The fourth-order valence-corrected chi connectivity index (χ4v) is 3.54. The van der Waals surface area contributed by atoms with Crippen LogP contribution in [0.4, 0.5) is 0 Å². The van der Waals surface area contributed by atoms with Crippen LogP contribution in [0.2, 0.25) is 0 Å². The zero-order chi connectivity index (χ0) is 18.6. The first kappa shape index (κ1) is 24.7. The van der Waals surface area contributed by atoms with Gasteiger partial charge in [-0.15, -0.1) is 0 Å². The average Bonchev–Trinajstić information content (AvgIpc) is 2.61. The second kappa shape index (κ2) is 18.5. The van der Waals surface area contributed by atoms with Crippen molar-refractivity contribution in [3.05, 3.63) is 12.2 Å². The molecule has 1 N–H and O–H groups in total. The molecule has 0 aromatic carbocycles. The topological polar surface area (TPSA) is 12.0 Å². The number of hydrogen-bond acceptors (Lipinski definition) is 1. The molecule has 0 spiro atoms. The summed E-state index contributed by atoms with van der Waals surface area (Å²) in [5.41, 5.74) is 0.373. The molecule has 0 radical (unpaired) electrons. The van der Waals surface area contributed by atoms with Gasteiger partial charge in [0, 0.05) is 5.54 Å². The Bertz CT molecular complexity index is 284. The lowest BCUT2D eigenvalue weighted by molar-refractivity contribution is 0.285. The maximum Gasteiger partial charge on any atom is 0.0153 e. The molecule has 0 aliphatic heterocycles. The Morgan fingerprint density at radius 1 is 0.600 bits per heavy atom. The lowest BCUT2D eigenvalue weighted by atomic mass is 9.88. The molecule has 0 fully saturated rings. The van der Waals surface area contributed by atoms with Gasteiger partial charge >= 0.3 is 0 Å². The molecule has 1 unspecified atom stereocenters. The summed E-state index contributed by atoms with van der Waals surface area (Å²) in [7, 11) is 0. The van der Waals surface area contributed by atoms with Crippen LogP contribution in [0, 0.1) is 0 Å². The zero-order valence-corrected chi connectivity index (χ0v) is 18.2. The van der Waals surface area contributed by atoms with Gasteiger partial charge in [0.2, 0.25) is 0 Å². The van der Waals surface area contributed by atoms with E-state index in [0.29, 0.717) is 5.54 Å². The summed E-state index contributed by atoms with van der Waals surface area (Å²) < 4.78 is 0. The maximum atomic E-state index is 3.94. The average molecular weight is 352 g/mol. The molecule has 0 aromatic heterocycles. The van der Waals surface area contributed by atoms with Gasteiger partial charge in [-0.05, 0) is 52.0 Å². The van der Waals surface area contributed by atoms with Crippen LogP contribution in [0.25, 0.3) is 0 Å². The van der Waals surface area contributed by atoms with Gasteiger partial charge in [0.15, 0.2) is 0 Å². The predicted molar refractivity (Wildman–Crippen MR) is 116 cm³/mol. The van der Waals surface area contributed by atoms with Gasteiger partial charge in [0.25, 0.3) is 0 Å². The third kappa shape index (κ3) is 16.9. The normalized spacial score (nSPS) is 14.2. The molecule has 0 heterocycles. The summed E-state index contributed by atoms with van der Waals surface area (Å²) >= 11 is 0. The fourth-order valence-electron chi connectivity index (χ4n) is 3.54. The molecule has 0 aliphatic rings. The molecule has 0 aromatic rings. The molecule has 1 heteroatoms. The van der Waals surface area contributed by atoms with Gasteiger partial charge in [-0.25, -0.2) is 0 Å². The molecule has 0 rings (SSSR count). The van der Waals surface area contributed by atoms with Crippen molar-refractivity contribution >= 4 is 0 Å². The summed E-state index contributed by atoms with van der Waals surface area (Å²) in [5, 5.41) is 3.94. The van der Waals surface area contributed by atoms with Gasteiger partial charge in [0.1, 0.15) is 0 Å². The van der Waals surface area contributed by atoms with E-state index >= 15 is 0 Å². The van der Waals surface area contributed by atoms with Gasteiger partial charge in [-0.3, -0.25) is 0 Å². The summed E-state index contributed by atoms with van der Waals surface area (Å²) in [6.07, 6.45) is 26.4. The first-order chi connectivity index (χ1) is 12.2. The van der Waals surface area contributed by atoms with Crippen molar-refractivity contribution in [3.8, 4) is 0 Å². The molecule has 25 heavy (non-hydrogen) atoms. The van der Waals surface area contributed by atoms with E-state index in [0.717, 1.165) is 0 Å². The Morgan fingerprint density at radius 2 is 1.16 bits per heavy atom. The second-order valence-corrected chi connectivity index (χ2v) is 8.22. The van der Waals surface area contributed by atoms with E-state index in [-0.39, 0.29) is 0 Å². The van der Waals surface area contributed by atoms with Crippen molar-refractivity contribution < 1.29 is 0 Å². The van der Waals surface area contributed by atoms with E-state index < -0.39 is 0 Å². The molecule has 0 saturated heterocycles. The SMILES string of the molecule is CCCC=CCCCCNC(C)(CCCCCC)CCCCCCC. The molecule has 0 aliphatic carbocycles. The van der Waals surface area contributed by atoms with E-state index in [1.54, 1.807) is 0 Å². The number of nitrogens with one attached hydrogen (secondary N) is 1. The molecule has 1 atom stereocenters. The highest BCUT2D eigenvalue weighted by molar-refractivity contribution is 4.84. The minimum Gasteiger partial charge on any atom is -0.312 e. The van der Waals surface area contributed by atoms with Gasteiger partial charge in [-0.2, -0.15) is 0 Å². The van der Waals surface area contributed by atoms with Crippen LogP contribution < -0.4 is 5.32 Å². The minimum atomic E-state index is 0.373. The van der Waals surface area contributed by atoms with E-state index in [4.69, 9.17) is 0 Å². The Balaban J connectivity index is 4.01. The number of unbranched alkanes of at least 4 members (excludes halogenated alkanes) is 10. The van der Waals surface area contributed by atoms with Gasteiger partial charge in [-0.1, -0.05) is 97.1 Å². The highest BCUT2D eigenvalue weighted by Gasteiger charge is 2.22. The Labute approximate surface area is 160 Å². The second-order valence-electron chi connectivity index (χ2n) is 8.22. The summed E-state index contributed by atoms with van der Waals surface area (Å²) in [5.74, 6) is 0. The van der Waals surface area contributed by atoms with Crippen molar-refractivity contribution in [2.24, 2.45) is 0 Å². The fraction of sp³-hybridized carbons (Fsp3) is 0.917. The van der Waals surface area contributed by atoms with Crippen molar-refractivity contribution in [1.82, 2.24) is 5.32 Å². The first-order valence-corrected chi connectivity index (χ1v) is 11.6. The molecular formula is C24H49N. The van der Waals surface area contributed by atoms with Crippen molar-refractivity contribution in [3.63, 3.8) is 0 Å². The van der Waals surface area contributed by atoms with E-state index in [2.05, 4.69) is 45.2 Å². The molecule has 0 saturated carbocycles. The summed E-state index contributed by atoms with van der Waals surface area (Å²) in [4.78, 5) is 0. The summed E-state index contributed by atoms with van der Waals surface area (Å²) in [6.45, 7) is 10.5. The largest absolute Gasteiger partial charge is 0.312 e. The third-order valence-electron chi connectivity index (χ3n) is 5.39. The molecular weight excluding hydrogens is 302 g/mol. The number of allylic oxidation sites excluding steroid dienone is 2. The molecule has 150 valence electrons. The predicted octanol–water partition coefficient (Wildman–Crippen LogP) is 8.19. The van der Waals surface area contributed by atoms with Crippen molar-refractivity contribution in [2.45, 2.75) is 136 Å². The molecule has 0 bridgehead atoms. The van der Waals surface area contributed by atoms with Crippen molar-refractivity contribution in [2.75, 3.05) is 6.54 Å². The van der Waals surface area contributed by atoms with E-state index in [1.165, 1.54) is 109 Å². The van der Waals surface area contributed by atoms with Crippen LogP contribution in [-0.2, 0) is 0 Å². The monoisotopic (exact) mass is 351 g/mol. The summed E-state index contributed by atoms with van der Waals surface area (Å²) in [6, 6.07) is 0. The first-order valence-electron chi connectivity index (χ1n) is 11.6. The minimum absolute atomic E-state index is 0.373. The smallest absolute Gasteiger partial charge is 0.0153 e. The van der Waals surface area contributed by atoms with Gasteiger partial charge in [0.05, 0.1) is 0 Å².